The highest BCUT2D eigenvalue weighted by Crippen LogP contribution is 2.26. The number of hydrogen-bond donors (Lipinski definition) is 1. The number of rotatable bonds is 5. The summed E-state index contributed by atoms with van der Waals surface area (Å²) in [6.07, 6.45) is 2.18. The van der Waals surface area contributed by atoms with E-state index in [2.05, 4.69) is 5.32 Å². The Bertz CT molecular complexity index is 589. The molecule has 1 heterocycles. The zero-order valence-corrected chi connectivity index (χ0v) is 13.6. The van der Waals surface area contributed by atoms with Crippen molar-refractivity contribution >= 4 is 21.6 Å². The fourth-order valence-electron chi connectivity index (χ4n) is 2.62. The molecule has 0 aliphatic carbocycles. The van der Waals surface area contributed by atoms with E-state index in [9.17, 15) is 12.8 Å². The lowest BCUT2D eigenvalue weighted by atomic mass is 10.1. The predicted molar refractivity (Wildman–Crippen MR) is 81.5 cm³/mol. The summed E-state index contributed by atoms with van der Waals surface area (Å²) in [4.78, 5) is -0.293. The highest BCUT2D eigenvalue weighted by molar-refractivity contribution is 7.89. The lowest BCUT2D eigenvalue weighted by Gasteiger charge is -2.33. The van der Waals surface area contributed by atoms with E-state index >= 15 is 0 Å². The lowest BCUT2D eigenvalue weighted by Crippen LogP contribution is -2.46. The average molecular weight is 335 g/mol. The van der Waals surface area contributed by atoms with Crippen LogP contribution >= 0.6 is 11.6 Å². The van der Waals surface area contributed by atoms with Gasteiger partial charge in [-0.15, -0.1) is 0 Å². The van der Waals surface area contributed by atoms with Crippen molar-refractivity contribution in [3.05, 3.63) is 29.0 Å². The van der Waals surface area contributed by atoms with Crippen molar-refractivity contribution < 1.29 is 12.8 Å². The topological polar surface area (TPSA) is 49.4 Å². The van der Waals surface area contributed by atoms with Gasteiger partial charge in [0.1, 0.15) is 10.7 Å². The molecule has 21 heavy (non-hydrogen) atoms. The van der Waals surface area contributed by atoms with Crippen LogP contribution in [0.2, 0.25) is 5.02 Å². The van der Waals surface area contributed by atoms with Crippen LogP contribution in [0.4, 0.5) is 4.39 Å². The molecule has 1 N–H and O–H groups in total. The SMILES string of the molecule is CCCN(C1CCNCC1)S(=O)(=O)c1ccc(Cl)cc1F. The van der Waals surface area contributed by atoms with Gasteiger partial charge in [-0.1, -0.05) is 18.5 Å². The number of halogens is 2. The Morgan fingerprint density at radius 1 is 1.38 bits per heavy atom. The molecule has 1 aromatic rings. The second-order valence-electron chi connectivity index (χ2n) is 5.17. The molecule has 1 aliphatic heterocycles. The van der Waals surface area contributed by atoms with Crippen molar-refractivity contribution in [1.29, 1.82) is 0 Å². The second kappa shape index (κ2) is 7.05. The standard InChI is InChI=1S/C14H20ClFN2O2S/c1-2-9-18(12-5-7-17-8-6-12)21(19,20)14-4-3-11(15)10-13(14)16/h3-4,10,12,17H,2,5-9H2,1H3. The molecule has 0 unspecified atom stereocenters. The average Bonchev–Trinajstić information content (AvgIpc) is 2.45. The summed E-state index contributed by atoms with van der Waals surface area (Å²) < 4.78 is 41.0. The molecule has 1 aliphatic rings. The van der Waals surface area contributed by atoms with Gasteiger partial charge >= 0.3 is 0 Å². The minimum atomic E-state index is -3.84. The van der Waals surface area contributed by atoms with Crippen LogP contribution in [-0.2, 0) is 10.0 Å². The Hall–Kier alpha value is -0.690. The minimum Gasteiger partial charge on any atom is -0.317 e. The first-order chi connectivity index (χ1) is 9.96. The quantitative estimate of drug-likeness (QED) is 0.900. The van der Waals surface area contributed by atoms with Gasteiger partial charge in [-0.3, -0.25) is 0 Å². The molecule has 1 fully saturated rings. The molecule has 1 saturated heterocycles. The Kier molecular flexibility index (Phi) is 5.60. The van der Waals surface area contributed by atoms with Gasteiger partial charge in [-0.25, -0.2) is 12.8 Å². The van der Waals surface area contributed by atoms with E-state index in [1.165, 1.54) is 16.4 Å². The molecule has 1 aromatic carbocycles. The molecule has 0 bridgehead atoms. The third kappa shape index (κ3) is 3.74. The molecule has 0 saturated carbocycles. The van der Waals surface area contributed by atoms with Crippen molar-refractivity contribution in [2.45, 2.75) is 37.1 Å². The fourth-order valence-corrected chi connectivity index (χ4v) is 4.61. The summed E-state index contributed by atoms with van der Waals surface area (Å²) in [5, 5.41) is 3.40. The third-order valence-electron chi connectivity index (χ3n) is 3.64. The van der Waals surface area contributed by atoms with Gasteiger partial charge in [-0.2, -0.15) is 4.31 Å². The molecule has 118 valence electrons. The number of benzene rings is 1. The number of sulfonamides is 1. The van der Waals surface area contributed by atoms with Gasteiger partial charge in [0.2, 0.25) is 10.0 Å². The zero-order chi connectivity index (χ0) is 15.5. The van der Waals surface area contributed by atoms with Crippen molar-refractivity contribution in [2.75, 3.05) is 19.6 Å². The second-order valence-corrected chi connectivity index (χ2v) is 7.47. The predicted octanol–water partition coefficient (Wildman–Crippen LogP) is 2.63. The van der Waals surface area contributed by atoms with Crippen LogP contribution in [0.15, 0.2) is 23.1 Å². The van der Waals surface area contributed by atoms with E-state index in [-0.39, 0.29) is 16.0 Å². The largest absolute Gasteiger partial charge is 0.317 e. The number of nitrogens with zero attached hydrogens (tertiary/aromatic N) is 1. The van der Waals surface area contributed by atoms with E-state index in [0.29, 0.717) is 13.0 Å². The smallest absolute Gasteiger partial charge is 0.246 e. The van der Waals surface area contributed by atoms with Crippen molar-refractivity contribution in [2.24, 2.45) is 0 Å². The van der Waals surface area contributed by atoms with Gasteiger partial charge in [-0.05, 0) is 50.6 Å². The molecule has 0 spiro atoms. The molecular formula is C14H20ClFN2O2S. The normalized spacial score (nSPS) is 17.3. The molecular weight excluding hydrogens is 315 g/mol. The molecule has 2 rings (SSSR count). The van der Waals surface area contributed by atoms with Crippen LogP contribution in [-0.4, -0.2) is 38.4 Å². The Balaban J connectivity index is 2.36. The molecule has 0 amide bonds. The third-order valence-corrected chi connectivity index (χ3v) is 5.86. The maximum Gasteiger partial charge on any atom is 0.246 e. The first-order valence-corrected chi connectivity index (χ1v) is 8.96. The maximum atomic E-state index is 14.0. The van der Waals surface area contributed by atoms with Crippen LogP contribution < -0.4 is 5.32 Å². The van der Waals surface area contributed by atoms with E-state index in [1.54, 1.807) is 0 Å². The first kappa shape index (κ1) is 16.7. The van der Waals surface area contributed by atoms with E-state index in [0.717, 1.165) is 32.0 Å². The van der Waals surface area contributed by atoms with Crippen molar-refractivity contribution in [3.63, 3.8) is 0 Å². The Labute approximate surface area is 130 Å². The monoisotopic (exact) mass is 334 g/mol. The maximum absolute atomic E-state index is 14.0. The van der Waals surface area contributed by atoms with Crippen LogP contribution in [0.3, 0.4) is 0 Å². The minimum absolute atomic E-state index is 0.0775. The summed E-state index contributed by atoms with van der Waals surface area (Å²) >= 11 is 5.70. The molecule has 0 atom stereocenters. The first-order valence-electron chi connectivity index (χ1n) is 7.14. The molecule has 7 heteroatoms. The van der Waals surface area contributed by atoms with E-state index < -0.39 is 15.8 Å². The fraction of sp³-hybridized carbons (Fsp3) is 0.571. The van der Waals surface area contributed by atoms with Crippen LogP contribution in [0.1, 0.15) is 26.2 Å². The van der Waals surface area contributed by atoms with Gasteiger partial charge < -0.3 is 5.32 Å². The lowest BCUT2D eigenvalue weighted by molar-refractivity contribution is 0.261. The number of piperidine rings is 1. The van der Waals surface area contributed by atoms with E-state index in [4.69, 9.17) is 11.6 Å². The van der Waals surface area contributed by atoms with Gasteiger partial charge in [0.25, 0.3) is 0 Å². The van der Waals surface area contributed by atoms with Crippen molar-refractivity contribution in [3.8, 4) is 0 Å². The summed E-state index contributed by atoms with van der Waals surface area (Å²) in [6, 6.07) is 3.62. The summed E-state index contributed by atoms with van der Waals surface area (Å²) in [5.74, 6) is -0.794. The van der Waals surface area contributed by atoms with Crippen molar-refractivity contribution in [1.82, 2.24) is 9.62 Å². The van der Waals surface area contributed by atoms with Crippen LogP contribution in [0.25, 0.3) is 0 Å². The number of nitrogens with one attached hydrogen (secondary N) is 1. The molecule has 0 aromatic heterocycles. The van der Waals surface area contributed by atoms with Crippen LogP contribution in [0, 0.1) is 5.82 Å². The number of hydrogen-bond acceptors (Lipinski definition) is 3. The molecule has 4 nitrogen and oxygen atoms in total. The van der Waals surface area contributed by atoms with Crippen LogP contribution in [0.5, 0.6) is 0 Å². The summed E-state index contributed by atoms with van der Waals surface area (Å²) in [6.45, 7) is 3.88. The zero-order valence-electron chi connectivity index (χ0n) is 12.0. The Morgan fingerprint density at radius 2 is 2.05 bits per heavy atom. The highest BCUT2D eigenvalue weighted by atomic mass is 35.5. The van der Waals surface area contributed by atoms with Gasteiger partial charge in [0, 0.05) is 17.6 Å². The van der Waals surface area contributed by atoms with Gasteiger partial charge in [0.15, 0.2) is 0 Å². The highest BCUT2D eigenvalue weighted by Gasteiger charge is 2.33. The van der Waals surface area contributed by atoms with Gasteiger partial charge in [0.05, 0.1) is 0 Å². The Morgan fingerprint density at radius 3 is 2.62 bits per heavy atom. The summed E-state index contributed by atoms with van der Waals surface area (Å²) in [7, 11) is -3.84. The van der Waals surface area contributed by atoms with E-state index in [1.807, 2.05) is 6.92 Å². The summed E-state index contributed by atoms with van der Waals surface area (Å²) in [5.41, 5.74) is 0. The molecule has 0 radical (unpaired) electrons.